The number of rotatable bonds is 6. The van der Waals surface area contributed by atoms with Crippen LogP contribution in [0.5, 0.6) is 0 Å². The van der Waals surface area contributed by atoms with Crippen LogP contribution in [0.2, 0.25) is 5.02 Å². The van der Waals surface area contributed by atoms with Gasteiger partial charge in [0.25, 0.3) is 5.91 Å². The lowest BCUT2D eigenvalue weighted by molar-refractivity contribution is 0.0949. The Bertz CT molecular complexity index is 407. The van der Waals surface area contributed by atoms with E-state index < -0.39 is 11.7 Å². The van der Waals surface area contributed by atoms with Crippen LogP contribution in [0.25, 0.3) is 0 Å². The van der Waals surface area contributed by atoms with Crippen molar-refractivity contribution in [2.24, 2.45) is 5.92 Å². The predicted octanol–water partition coefficient (Wildman–Crippen LogP) is 4.04. The molecule has 0 heterocycles. The SMILES string of the molecule is CC(C)CCCCNC(=O)c1cc(Cl)ccc1F. The van der Waals surface area contributed by atoms with Gasteiger partial charge in [-0.15, -0.1) is 0 Å². The van der Waals surface area contributed by atoms with Crippen LogP contribution in [0, 0.1) is 11.7 Å². The van der Waals surface area contributed by atoms with Crippen molar-refractivity contribution >= 4 is 17.5 Å². The molecule has 1 aromatic carbocycles. The maximum absolute atomic E-state index is 13.4. The second kappa shape index (κ2) is 7.37. The summed E-state index contributed by atoms with van der Waals surface area (Å²) in [5, 5.41) is 3.07. The Morgan fingerprint density at radius 2 is 2.11 bits per heavy atom. The lowest BCUT2D eigenvalue weighted by Crippen LogP contribution is -2.25. The van der Waals surface area contributed by atoms with Gasteiger partial charge in [-0.3, -0.25) is 4.79 Å². The first-order chi connectivity index (χ1) is 8.50. The second-order valence-electron chi connectivity index (χ2n) is 4.77. The van der Waals surface area contributed by atoms with Gasteiger partial charge in [0.1, 0.15) is 5.82 Å². The molecule has 0 aromatic heterocycles. The highest BCUT2D eigenvalue weighted by Gasteiger charge is 2.11. The third-order valence-corrected chi connectivity index (χ3v) is 2.90. The van der Waals surface area contributed by atoms with Crippen LogP contribution in [-0.2, 0) is 0 Å². The van der Waals surface area contributed by atoms with E-state index >= 15 is 0 Å². The summed E-state index contributed by atoms with van der Waals surface area (Å²) in [7, 11) is 0. The summed E-state index contributed by atoms with van der Waals surface area (Å²) in [6, 6.07) is 3.98. The van der Waals surface area contributed by atoms with Gasteiger partial charge in [-0.1, -0.05) is 38.3 Å². The molecule has 1 amide bonds. The van der Waals surface area contributed by atoms with Crippen LogP contribution in [0.15, 0.2) is 18.2 Å². The molecule has 100 valence electrons. The van der Waals surface area contributed by atoms with Crippen LogP contribution < -0.4 is 5.32 Å². The van der Waals surface area contributed by atoms with Crippen molar-refractivity contribution in [2.45, 2.75) is 33.1 Å². The Labute approximate surface area is 113 Å². The van der Waals surface area contributed by atoms with Crippen LogP contribution in [0.4, 0.5) is 4.39 Å². The highest BCUT2D eigenvalue weighted by molar-refractivity contribution is 6.30. The van der Waals surface area contributed by atoms with Gasteiger partial charge in [0.05, 0.1) is 5.56 Å². The van der Waals surface area contributed by atoms with Gasteiger partial charge >= 0.3 is 0 Å². The Morgan fingerprint density at radius 1 is 1.39 bits per heavy atom. The zero-order valence-electron chi connectivity index (χ0n) is 10.8. The monoisotopic (exact) mass is 271 g/mol. The molecule has 0 saturated carbocycles. The van der Waals surface area contributed by atoms with Crippen molar-refractivity contribution in [3.63, 3.8) is 0 Å². The van der Waals surface area contributed by atoms with Gasteiger partial charge < -0.3 is 5.32 Å². The number of benzene rings is 1. The highest BCUT2D eigenvalue weighted by Crippen LogP contribution is 2.14. The molecule has 0 spiro atoms. The Hall–Kier alpha value is -1.09. The fourth-order valence-corrected chi connectivity index (χ4v) is 1.82. The lowest BCUT2D eigenvalue weighted by Gasteiger charge is -2.07. The summed E-state index contributed by atoms with van der Waals surface area (Å²) in [6.07, 6.45) is 3.11. The average Bonchev–Trinajstić information content (AvgIpc) is 2.31. The Morgan fingerprint density at radius 3 is 2.78 bits per heavy atom. The zero-order chi connectivity index (χ0) is 13.5. The maximum atomic E-state index is 13.4. The van der Waals surface area contributed by atoms with E-state index in [1.807, 2.05) is 0 Å². The number of amides is 1. The van der Waals surface area contributed by atoms with E-state index in [1.54, 1.807) is 0 Å². The van der Waals surface area contributed by atoms with Crippen molar-refractivity contribution in [1.82, 2.24) is 5.32 Å². The molecule has 0 radical (unpaired) electrons. The minimum Gasteiger partial charge on any atom is -0.352 e. The summed E-state index contributed by atoms with van der Waals surface area (Å²) in [5.74, 6) is -0.273. The molecule has 1 aromatic rings. The molecule has 1 N–H and O–H groups in total. The molecule has 0 bridgehead atoms. The minimum atomic E-state index is -0.543. The summed E-state index contributed by atoms with van der Waals surface area (Å²) in [6.45, 7) is 4.90. The maximum Gasteiger partial charge on any atom is 0.254 e. The van der Waals surface area contributed by atoms with E-state index in [9.17, 15) is 9.18 Å². The van der Waals surface area contributed by atoms with Gasteiger partial charge in [-0.2, -0.15) is 0 Å². The first-order valence-corrected chi connectivity index (χ1v) is 6.61. The number of carbonyl (C=O) groups is 1. The smallest absolute Gasteiger partial charge is 0.254 e. The molecule has 0 aliphatic rings. The standard InChI is InChI=1S/C14H19ClFNO/c1-10(2)5-3-4-8-17-14(18)12-9-11(15)6-7-13(12)16/h6-7,9-10H,3-5,8H2,1-2H3,(H,17,18). The van der Waals surface area contributed by atoms with Crippen molar-refractivity contribution in [2.75, 3.05) is 6.54 Å². The fraction of sp³-hybridized carbons (Fsp3) is 0.500. The Balaban J connectivity index is 2.39. The molecular weight excluding hydrogens is 253 g/mol. The molecule has 0 atom stereocenters. The van der Waals surface area contributed by atoms with Crippen LogP contribution in [0.1, 0.15) is 43.5 Å². The van der Waals surface area contributed by atoms with E-state index in [-0.39, 0.29) is 5.56 Å². The van der Waals surface area contributed by atoms with Crippen molar-refractivity contribution in [1.29, 1.82) is 0 Å². The topological polar surface area (TPSA) is 29.1 Å². The van der Waals surface area contributed by atoms with Gasteiger partial charge in [-0.05, 0) is 30.5 Å². The van der Waals surface area contributed by atoms with Crippen molar-refractivity contribution < 1.29 is 9.18 Å². The largest absolute Gasteiger partial charge is 0.352 e. The minimum absolute atomic E-state index is 0.00589. The first kappa shape index (κ1) is 15.0. The molecular formula is C14H19ClFNO. The number of unbranched alkanes of at least 4 members (excludes halogenated alkanes) is 1. The number of nitrogens with one attached hydrogen (secondary N) is 1. The van der Waals surface area contributed by atoms with E-state index in [4.69, 9.17) is 11.6 Å². The summed E-state index contributed by atoms with van der Waals surface area (Å²) in [4.78, 5) is 11.7. The van der Waals surface area contributed by atoms with Crippen LogP contribution in [-0.4, -0.2) is 12.5 Å². The third kappa shape index (κ3) is 5.05. The summed E-state index contributed by atoms with van der Waals surface area (Å²) < 4.78 is 13.4. The fourth-order valence-electron chi connectivity index (χ4n) is 1.65. The number of carbonyl (C=O) groups excluding carboxylic acids is 1. The molecule has 0 aliphatic heterocycles. The predicted molar refractivity (Wildman–Crippen MR) is 72.4 cm³/mol. The molecule has 1 rings (SSSR count). The van der Waals surface area contributed by atoms with Crippen LogP contribution >= 0.6 is 11.6 Å². The quantitative estimate of drug-likeness (QED) is 0.778. The van der Waals surface area contributed by atoms with Gasteiger partial charge in [0, 0.05) is 11.6 Å². The van der Waals surface area contributed by atoms with Gasteiger partial charge in [0.15, 0.2) is 0 Å². The molecule has 0 saturated heterocycles. The molecule has 0 aliphatic carbocycles. The average molecular weight is 272 g/mol. The van der Waals surface area contributed by atoms with E-state index in [1.165, 1.54) is 18.2 Å². The molecule has 0 fully saturated rings. The molecule has 2 nitrogen and oxygen atoms in total. The number of hydrogen-bond donors (Lipinski definition) is 1. The van der Waals surface area contributed by atoms with Crippen molar-refractivity contribution in [3.8, 4) is 0 Å². The number of halogens is 2. The summed E-state index contributed by atoms with van der Waals surface area (Å²) in [5.41, 5.74) is 0.00589. The third-order valence-electron chi connectivity index (χ3n) is 2.67. The lowest BCUT2D eigenvalue weighted by atomic mass is 10.1. The van der Waals surface area contributed by atoms with Crippen molar-refractivity contribution in [3.05, 3.63) is 34.6 Å². The molecule has 4 heteroatoms. The van der Waals surface area contributed by atoms with E-state index in [0.29, 0.717) is 17.5 Å². The second-order valence-corrected chi connectivity index (χ2v) is 5.21. The Kier molecular flexibility index (Phi) is 6.13. The summed E-state index contributed by atoms with van der Waals surface area (Å²) >= 11 is 5.73. The normalized spacial score (nSPS) is 10.7. The van der Waals surface area contributed by atoms with Crippen LogP contribution in [0.3, 0.4) is 0 Å². The molecule has 18 heavy (non-hydrogen) atoms. The van der Waals surface area contributed by atoms with Gasteiger partial charge in [0.2, 0.25) is 0 Å². The first-order valence-electron chi connectivity index (χ1n) is 6.24. The van der Waals surface area contributed by atoms with Gasteiger partial charge in [-0.25, -0.2) is 4.39 Å². The zero-order valence-corrected chi connectivity index (χ0v) is 11.6. The number of hydrogen-bond acceptors (Lipinski definition) is 1. The van der Waals surface area contributed by atoms with E-state index in [2.05, 4.69) is 19.2 Å². The van der Waals surface area contributed by atoms with E-state index in [0.717, 1.165) is 19.3 Å². The molecule has 0 unspecified atom stereocenters. The highest BCUT2D eigenvalue weighted by atomic mass is 35.5.